The van der Waals surface area contributed by atoms with Crippen LogP contribution in [0.2, 0.25) is 0 Å². The van der Waals surface area contributed by atoms with Gasteiger partial charge in [-0.05, 0) is 70.1 Å². The molecule has 4 rings (SSSR count). The summed E-state index contributed by atoms with van der Waals surface area (Å²) in [5.41, 5.74) is 0.502. The van der Waals surface area contributed by atoms with E-state index in [2.05, 4.69) is 13.8 Å². The molecule has 33 heavy (non-hydrogen) atoms. The molecule has 1 N–H and O–H groups in total. The van der Waals surface area contributed by atoms with Crippen LogP contribution in [0.3, 0.4) is 0 Å². The van der Waals surface area contributed by atoms with Crippen molar-refractivity contribution in [2.24, 2.45) is 28.6 Å². The molecule has 0 radical (unpaired) electrons. The Labute approximate surface area is 202 Å². The number of likely N-dealkylation sites (tertiary alicyclic amines) is 1. The summed E-state index contributed by atoms with van der Waals surface area (Å²) in [7, 11) is 0. The summed E-state index contributed by atoms with van der Waals surface area (Å²) in [6, 6.07) is 0. The first-order chi connectivity index (χ1) is 15.4. The third kappa shape index (κ3) is 4.60. The van der Waals surface area contributed by atoms with E-state index in [0.717, 1.165) is 55.9 Å². The Morgan fingerprint density at radius 2 is 1.97 bits per heavy atom. The van der Waals surface area contributed by atoms with Crippen LogP contribution < -0.4 is 0 Å². The van der Waals surface area contributed by atoms with Gasteiger partial charge in [-0.25, -0.2) is 4.98 Å². The van der Waals surface area contributed by atoms with Crippen molar-refractivity contribution in [2.75, 3.05) is 13.1 Å². The summed E-state index contributed by atoms with van der Waals surface area (Å²) in [4.78, 5) is 33.4. The average Bonchev–Trinajstić information content (AvgIpc) is 3.40. The first-order valence-electron chi connectivity index (χ1n) is 12.5. The van der Waals surface area contributed by atoms with E-state index in [0.29, 0.717) is 0 Å². The standard InChI is InChI=1S/C26H40N2O4S/c1-15(23(30)28-11-7-8-12-28)17-9-10-26(6)13-18-21(16(2)20(26)22(17)29)27-19(33-18)14-32-24(31)25(3,4)5/h15-17,20,22,29H,7-14H2,1-6H3/t15-,16+,17-,20+,22-,26+/m0/s1. The van der Waals surface area contributed by atoms with Gasteiger partial charge in [0.15, 0.2) is 0 Å². The molecule has 2 fully saturated rings. The number of aliphatic hydroxyl groups excluding tert-OH is 1. The van der Waals surface area contributed by atoms with Gasteiger partial charge in [-0.2, -0.15) is 0 Å². The van der Waals surface area contributed by atoms with E-state index in [4.69, 9.17) is 9.72 Å². The summed E-state index contributed by atoms with van der Waals surface area (Å²) in [6.45, 7) is 13.9. The minimum atomic E-state index is -0.533. The molecule has 1 saturated heterocycles. The Kier molecular flexibility index (Phi) is 6.69. The number of esters is 1. The predicted octanol–water partition coefficient (Wildman–Crippen LogP) is 4.54. The number of aliphatic hydroxyl groups is 1. The topological polar surface area (TPSA) is 79.7 Å². The summed E-state index contributed by atoms with van der Waals surface area (Å²) < 4.78 is 5.51. The van der Waals surface area contributed by atoms with Gasteiger partial charge < -0.3 is 14.7 Å². The van der Waals surface area contributed by atoms with Crippen molar-refractivity contribution in [2.45, 2.75) is 92.3 Å². The van der Waals surface area contributed by atoms with Crippen molar-refractivity contribution in [1.29, 1.82) is 0 Å². The highest BCUT2D eigenvalue weighted by atomic mass is 32.1. The summed E-state index contributed by atoms with van der Waals surface area (Å²) in [6.07, 6.45) is 4.43. The van der Waals surface area contributed by atoms with Gasteiger partial charge in [0.25, 0.3) is 0 Å². The van der Waals surface area contributed by atoms with Gasteiger partial charge in [0.05, 0.1) is 17.2 Å². The number of carbonyl (C=O) groups is 2. The van der Waals surface area contributed by atoms with E-state index in [1.807, 2.05) is 32.6 Å². The first-order valence-corrected chi connectivity index (χ1v) is 13.4. The number of rotatable bonds is 4. The van der Waals surface area contributed by atoms with Crippen molar-refractivity contribution in [3.05, 3.63) is 15.6 Å². The first kappa shape index (κ1) is 24.6. The maximum absolute atomic E-state index is 13.1. The van der Waals surface area contributed by atoms with E-state index in [-0.39, 0.29) is 47.6 Å². The maximum atomic E-state index is 13.1. The van der Waals surface area contributed by atoms with Crippen molar-refractivity contribution in [3.8, 4) is 0 Å². The lowest BCUT2D eigenvalue weighted by Crippen LogP contribution is -2.53. The zero-order valence-electron chi connectivity index (χ0n) is 21.0. The molecule has 1 aromatic heterocycles. The molecule has 0 spiro atoms. The van der Waals surface area contributed by atoms with E-state index in [1.165, 1.54) is 4.88 Å². The van der Waals surface area contributed by atoms with E-state index < -0.39 is 11.5 Å². The minimum Gasteiger partial charge on any atom is -0.458 e. The zero-order chi connectivity index (χ0) is 24.1. The fraction of sp³-hybridized carbons (Fsp3) is 0.808. The normalized spacial score (nSPS) is 32.8. The highest BCUT2D eigenvalue weighted by Gasteiger charge is 2.54. The molecule has 2 aliphatic carbocycles. The number of hydrogen-bond acceptors (Lipinski definition) is 6. The number of nitrogens with zero attached hydrogens (tertiary/aromatic N) is 2. The van der Waals surface area contributed by atoms with Gasteiger partial charge in [-0.1, -0.05) is 20.8 Å². The lowest BCUT2D eigenvalue weighted by Gasteiger charge is -2.53. The molecule has 2 heterocycles. The highest BCUT2D eigenvalue weighted by Crippen LogP contribution is 2.57. The Morgan fingerprint density at radius 3 is 2.61 bits per heavy atom. The Bertz CT molecular complexity index is 901. The van der Waals surface area contributed by atoms with Crippen molar-refractivity contribution in [1.82, 2.24) is 9.88 Å². The van der Waals surface area contributed by atoms with Gasteiger partial charge in [0, 0.05) is 29.8 Å². The fourth-order valence-electron chi connectivity index (χ4n) is 6.41. The number of carbonyl (C=O) groups excluding carboxylic acids is 2. The van der Waals surface area contributed by atoms with Gasteiger partial charge in [-0.3, -0.25) is 9.59 Å². The van der Waals surface area contributed by atoms with Crippen LogP contribution >= 0.6 is 11.3 Å². The van der Waals surface area contributed by atoms with Crippen LogP contribution in [0.25, 0.3) is 0 Å². The number of aromatic nitrogens is 1. The van der Waals surface area contributed by atoms with Crippen LogP contribution in [-0.2, 0) is 27.4 Å². The number of fused-ring (bicyclic) bond motifs is 2. The van der Waals surface area contributed by atoms with E-state index >= 15 is 0 Å². The highest BCUT2D eigenvalue weighted by molar-refractivity contribution is 7.11. The SMILES string of the molecule is C[C@H](C(=O)N1CCCC1)[C@@H]1CC[C@]2(C)Cc3sc(COC(=O)C(C)(C)C)nc3[C@H](C)[C@@H]2[C@H]1O. The molecule has 0 unspecified atom stereocenters. The molecular weight excluding hydrogens is 436 g/mol. The number of amides is 1. The molecule has 184 valence electrons. The Hall–Kier alpha value is -1.47. The van der Waals surface area contributed by atoms with Crippen molar-refractivity contribution >= 4 is 23.2 Å². The second kappa shape index (κ2) is 8.95. The van der Waals surface area contributed by atoms with Gasteiger partial charge in [0.1, 0.15) is 11.6 Å². The molecule has 1 aliphatic heterocycles. The van der Waals surface area contributed by atoms with Crippen LogP contribution in [0.1, 0.15) is 88.7 Å². The van der Waals surface area contributed by atoms with Crippen molar-refractivity contribution < 1.29 is 19.4 Å². The molecule has 7 heteroatoms. The molecular formula is C26H40N2O4S. The van der Waals surface area contributed by atoms with E-state index in [1.54, 1.807) is 11.3 Å². The van der Waals surface area contributed by atoms with Crippen LogP contribution in [0, 0.1) is 28.6 Å². The maximum Gasteiger partial charge on any atom is 0.311 e. The quantitative estimate of drug-likeness (QED) is 0.645. The van der Waals surface area contributed by atoms with Crippen molar-refractivity contribution in [3.63, 3.8) is 0 Å². The fourth-order valence-corrected chi connectivity index (χ4v) is 7.70. The number of thiazole rings is 1. The van der Waals surface area contributed by atoms with E-state index in [9.17, 15) is 14.7 Å². The van der Waals surface area contributed by atoms with Crippen LogP contribution in [-0.4, -0.2) is 46.1 Å². The molecule has 0 aromatic carbocycles. The zero-order valence-corrected chi connectivity index (χ0v) is 21.8. The lowest BCUT2D eigenvalue weighted by atomic mass is 9.53. The second-order valence-electron chi connectivity index (χ2n) is 11.9. The second-order valence-corrected chi connectivity index (χ2v) is 13.1. The molecule has 3 aliphatic rings. The minimum absolute atomic E-state index is 0.00831. The lowest BCUT2D eigenvalue weighted by molar-refractivity contribution is -0.154. The molecule has 1 aromatic rings. The summed E-state index contributed by atoms with van der Waals surface area (Å²) in [5, 5.41) is 12.4. The average molecular weight is 477 g/mol. The molecule has 6 atom stereocenters. The van der Waals surface area contributed by atoms with Gasteiger partial charge in [-0.15, -0.1) is 11.3 Å². The molecule has 0 bridgehead atoms. The summed E-state index contributed by atoms with van der Waals surface area (Å²) >= 11 is 1.65. The third-order valence-corrected chi connectivity index (χ3v) is 9.40. The van der Waals surface area contributed by atoms with Crippen LogP contribution in [0.15, 0.2) is 0 Å². The monoisotopic (exact) mass is 476 g/mol. The van der Waals surface area contributed by atoms with Gasteiger partial charge in [0.2, 0.25) is 5.91 Å². The number of ether oxygens (including phenoxy) is 1. The number of hydrogen-bond donors (Lipinski definition) is 1. The Morgan fingerprint density at radius 1 is 1.30 bits per heavy atom. The smallest absolute Gasteiger partial charge is 0.311 e. The molecule has 1 amide bonds. The van der Waals surface area contributed by atoms with Gasteiger partial charge >= 0.3 is 5.97 Å². The third-order valence-electron chi connectivity index (χ3n) is 8.35. The predicted molar refractivity (Wildman–Crippen MR) is 129 cm³/mol. The van der Waals surface area contributed by atoms with Crippen LogP contribution in [0.4, 0.5) is 0 Å². The van der Waals surface area contributed by atoms with Crippen LogP contribution in [0.5, 0.6) is 0 Å². The molecule has 1 saturated carbocycles. The summed E-state index contributed by atoms with van der Waals surface area (Å²) in [5.74, 6) is 0.00358. The largest absolute Gasteiger partial charge is 0.458 e. The Balaban J connectivity index is 1.51. The molecule has 6 nitrogen and oxygen atoms in total.